The maximum atomic E-state index is 11.7. The molecule has 0 bridgehead atoms. The summed E-state index contributed by atoms with van der Waals surface area (Å²) in [6.07, 6.45) is 1.61. The van der Waals surface area contributed by atoms with Crippen molar-refractivity contribution in [3.8, 4) is 5.75 Å². The highest BCUT2D eigenvalue weighted by Gasteiger charge is 2.04. The maximum Gasteiger partial charge on any atom is 0.277 e. The van der Waals surface area contributed by atoms with Crippen molar-refractivity contribution in [2.75, 3.05) is 6.61 Å². The number of rotatable bonds is 5. The molecule has 1 amide bonds. The number of nitrogens with zero attached hydrogens (tertiary/aromatic N) is 1. The van der Waals surface area contributed by atoms with E-state index in [1.807, 2.05) is 26.0 Å². The molecule has 2 aromatic carbocycles. The lowest BCUT2D eigenvalue weighted by Crippen LogP contribution is -2.24. The van der Waals surface area contributed by atoms with Crippen LogP contribution in [0.5, 0.6) is 5.75 Å². The fourth-order valence-corrected chi connectivity index (χ4v) is 2.07. The molecule has 0 spiro atoms. The van der Waals surface area contributed by atoms with Gasteiger partial charge in [-0.25, -0.2) is 5.43 Å². The molecule has 0 saturated heterocycles. The highest BCUT2D eigenvalue weighted by molar-refractivity contribution is 6.32. The normalized spacial score (nSPS) is 10.7. The Morgan fingerprint density at radius 2 is 2.05 bits per heavy atom. The molecule has 0 heterocycles. The third-order valence-electron chi connectivity index (χ3n) is 3.01. The van der Waals surface area contributed by atoms with Gasteiger partial charge in [0.1, 0.15) is 5.75 Å². The number of halogens is 1. The lowest BCUT2D eigenvalue weighted by Gasteiger charge is -2.06. The van der Waals surface area contributed by atoms with E-state index in [4.69, 9.17) is 16.3 Å². The average molecular weight is 317 g/mol. The predicted molar refractivity (Wildman–Crippen MR) is 88.6 cm³/mol. The Kier molecular flexibility index (Phi) is 5.55. The number of para-hydroxylation sites is 1. The minimum Gasteiger partial charge on any atom is -0.482 e. The van der Waals surface area contributed by atoms with Crippen LogP contribution in [0.2, 0.25) is 5.02 Å². The van der Waals surface area contributed by atoms with Gasteiger partial charge in [-0.2, -0.15) is 5.10 Å². The van der Waals surface area contributed by atoms with Crippen molar-refractivity contribution in [3.63, 3.8) is 0 Å². The second-order valence-corrected chi connectivity index (χ2v) is 5.28. The van der Waals surface area contributed by atoms with Crippen LogP contribution in [-0.4, -0.2) is 18.7 Å². The molecule has 0 fully saturated rings. The molecule has 0 atom stereocenters. The van der Waals surface area contributed by atoms with E-state index in [9.17, 15) is 4.79 Å². The molecule has 2 rings (SSSR count). The average Bonchev–Trinajstić information content (AvgIpc) is 2.49. The zero-order valence-corrected chi connectivity index (χ0v) is 13.2. The van der Waals surface area contributed by atoms with Gasteiger partial charge in [0.05, 0.1) is 11.2 Å². The Morgan fingerprint density at radius 3 is 2.77 bits per heavy atom. The van der Waals surface area contributed by atoms with E-state index in [0.717, 1.165) is 11.1 Å². The van der Waals surface area contributed by atoms with Gasteiger partial charge >= 0.3 is 0 Å². The first-order chi connectivity index (χ1) is 10.6. The van der Waals surface area contributed by atoms with Gasteiger partial charge in [0.2, 0.25) is 0 Å². The molecule has 2 aromatic rings. The highest BCUT2D eigenvalue weighted by atomic mass is 35.5. The standard InChI is InChI=1S/C17H17ClN2O2/c1-12-7-8-14(13(2)9-12)10-19-20-17(21)11-22-16-6-4-3-5-15(16)18/h3-10H,11H2,1-2H3,(H,20,21)/b19-10+. The van der Waals surface area contributed by atoms with Gasteiger partial charge in [-0.05, 0) is 37.1 Å². The van der Waals surface area contributed by atoms with Crippen LogP contribution in [0.1, 0.15) is 16.7 Å². The van der Waals surface area contributed by atoms with Crippen molar-refractivity contribution in [1.82, 2.24) is 5.43 Å². The van der Waals surface area contributed by atoms with Crippen molar-refractivity contribution in [3.05, 3.63) is 64.2 Å². The lowest BCUT2D eigenvalue weighted by molar-refractivity contribution is -0.123. The topological polar surface area (TPSA) is 50.7 Å². The van der Waals surface area contributed by atoms with E-state index < -0.39 is 0 Å². The number of hydrogen-bond acceptors (Lipinski definition) is 3. The van der Waals surface area contributed by atoms with Gasteiger partial charge in [0.15, 0.2) is 6.61 Å². The molecular weight excluding hydrogens is 300 g/mol. The Labute approximate surface area is 134 Å². The van der Waals surface area contributed by atoms with Crippen LogP contribution in [0.15, 0.2) is 47.6 Å². The Hall–Kier alpha value is -2.33. The van der Waals surface area contributed by atoms with Gasteiger partial charge in [0.25, 0.3) is 5.91 Å². The van der Waals surface area contributed by atoms with Crippen molar-refractivity contribution in [2.24, 2.45) is 5.10 Å². The number of amides is 1. The second-order valence-electron chi connectivity index (χ2n) is 4.87. The summed E-state index contributed by atoms with van der Waals surface area (Å²) in [6.45, 7) is 3.88. The minimum absolute atomic E-state index is 0.145. The van der Waals surface area contributed by atoms with E-state index in [1.165, 1.54) is 5.56 Å². The predicted octanol–water partition coefficient (Wildman–Crippen LogP) is 3.49. The first-order valence-electron chi connectivity index (χ1n) is 6.83. The Morgan fingerprint density at radius 1 is 1.27 bits per heavy atom. The number of ether oxygens (including phenoxy) is 1. The maximum absolute atomic E-state index is 11.7. The number of hydrogen-bond donors (Lipinski definition) is 1. The van der Waals surface area contributed by atoms with Crippen LogP contribution in [0, 0.1) is 13.8 Å². The van der Waals surface area contributed by atoms with Gasteiger partial charge in [-0.3, -0.25) is 4.79 Å². The van der Waals surface area contributed by atoms with Gasteiger partial charge in [-0.1, -0.05) is 47.5 Å². The van der Waals surface area contributed by atoms with Crippen LogP contribution < -0.4 is 10.2 Å². The van der Waals surface area contributed by atoms with Crippen molar-refractivity contribution >= 4 is 23.7 Å². The van der Waals surface area contributed by atoms with Crippen molar-refractivity contribution in [1.29, 1.82) is 0 Å². The van der Waals surface area contributed by atoms with Crippen LogP contribution >= 0.6 is 11.6 Å². The van der Waals surface area contributed by atoms with E-state index in [-0.39, 0.29) is 12.5 Å². The molecule has 0 radical (unpaired) electrons. The Balaban J connectivity index is 1.85. The number of carbonyl (C=O) groups is 1. The summed E-state index contributed by atoms with van der Waals surface area (Å²) in [6, 6.07) is 13.0. The molecule has 5 heteroatoms. The SMILES string of the molecule is Cc1ccc(/C=N/NC(=O)COc2ccccc2Cl)c(C)c1. The molecule has 4 nitrogen and oxygen atoms in total. The highest BCUT2D eigenvalue weighted by Crippen LogP contribution is 2.22. The molecule has 0 unspecified atom stereocenters. The number of nitrogens with one attached hydrogen (secondary N) is 1. The number of carbonyl (C=O) groups excluding carboxylic acids is 1. The lowest BCUT2D eigenvalue weighted by atomic mass is 10.1. The van der Waals surface area contributed by atoms with E-state index in [1.54, 1.807) is 30.5 Å². The van der Waals surface area contributed by atoms with E-state index in [2.05, 4.69) is 16.6 Å². The molecule has 0 aliphatic rings. The van der Waals surface area contributed by atoms with E-state index in [0.29, 0.717) is 10.8 Å². The molecule has 0 aliphatic heterocycles. The summed E-state index contributed by atoms with van der Waals surface area (Å²) in [5, 5.41) is 4.40. The molecule has 114 valence electrons. The zero-order chi connectivity index (χ0) is 15.9. The summed E-state index contributed by atoms with van der Waals surface area (Å²) < 4.78 is 5.32. The summed E-state index contributed by atoms with van der Waals surface area (Å²) in [5.41, 5.74) is 5.67. The van der Waals surface area contributed by atoms with Gasteiger partial charge in [0, 0.05) is 0 Å². The summed E-state index contributed by atoms with van der Waals surface area (Å²) in [4.78, 5) is 11.7. The monoisotopic (exact) mass is 316 g/mol. The van der Waals surface area contributed by atoms with E-state index >= 15 is 0 Å². The molecule has 1 N–H and O–H groups in total. The van der Waals surface area contributed by atoms with Crippen molar-refractivity contribution in [2.45, 2.75) is 13.8 Å². The van der Waals surface area contributed by atoms with Crippen molar-refractivity contribution < 1.29 is 9.53 Å². The zero-order valence-electron chi connectivity index (χ0n) is 12.5. The fourth-order valence-electron chi connectivity index (χ4n) is 1.88. The first-order valence-corrected chi connectivity index (χ1v) is 7.20. The molecule has 0 saturated carbocycles. The number of benzene rings is 2. The third kappa shape index (κ3) is 4.60. The summed E-state index contributed by atoms with van der Waals surface area (Å²) in [7, 11) is 0. The Bertz CT molecular complexity index is 699. The fraction of sp³-hybridized carbons (Fsp3) is 0.176. The summed E-state index contributed by atoms with van der Waals surface area (Å²) in [5.74, 6) is 0.124. The first kappa shape index (κ1) is 16.0. The largest absolute Gasteiger partial charge is 0.482 e. The minimum atomic E-state index is -0.346. The second kappa shape index (κ2) is 7.61. The molecular formula is C17H17ClN2O2. The van der Waals surface area contributed by atoms with Crippen LogP contribution in [-0.2, 0) is 4.79 Å². The van der Waals surface area contributed by atoms with Crippen LogP contribution in [0.4, 0.5) is 0 Å². The third-order valence-corrected chi connectivity index (χ3v) is 3.33. The molecule has 0 aliphatic carbocycles. The van der Waals surface area contributed by atoms with Crippen LogP contribution in [0.3, 0.4) is 0 Å². The molecule has 22 heavy (non-hydrogen) atoms. The number of hydrazone groups is 1. The molecule has 0 aromatic heterocycles. The number of aryl methyl sites for hydroxylation is 2. The smallest absolute Gasteiger partial charge is 0.277 e. The summed E-state index contributed by atoms with van der Waals surface area (Å²) >= 11 is 5.94. The van der Waals surface area contributed by atoms with Gasteiger partial charge < -0.3 is 4.74 Å². The quantitative estimate of drug-likeness (QED) is 0.678. The van der Waals surface area contributed by atoms with Crippen LogP contribution in [0.25, 0.3) is 0 Å². The van der Waals surface area contributed by atoms with Gasteiger partial charge in [-0.15, -0.1) is 0 Å².